The number of aliphatic hydroxyl groups is 2. The third-order valence-corrected chi connectivity index (χ3v) is 9.44. The van der Waals surface area contributed by atoms with Crippen LogP contribution in [-0.4, -0.2) is 111 Å². The molecule has 0 aromatic carbocycles. The minimum Gasteiger partial charge on any atom is -0.465 e. The molecule has 0 rings (SSSR count). The monoisotopic (exact) mass is 614 g/mol. The maximum Gasteiger partial charge on any atom is 0.316 e. The normalized spacial score (nSPS) is 10.8. The highest BCUT2D eigenvalue weighted by Gasteiger charge is 2.06. The van der Waals surface area contributed by atoms with Gasteiger partial charge in [-0.15, -0.1) is 70.6 Å². The summed E-state index contributed by atoms with van der Waals surface area (Å²) in [6, 6.07) is 0. The Bertz CT molecular complexity index is 532. The predicted molar refractivity (Wildman–Crippen MR) is 148 cm³/mol. The van der Waals surface area contributed by atoms with Gasteiger partial charge in [-0.3, -0.25) is 14.4 Å². The second-order valence-electron chi connectivity index (χ2n) is 6.00. The van der Waals surface area contributed by atoms with Crippen molar-refractivity contribution in [1.82, 2.24) is 0 Å². The van der Waals surface area contributed by atoms with Gasteiger partial charge in [0.1, 0.15) is 11.9 Å². The van der Waals surface area contributed by atoms with Crippen molar-refractivity contribution in [3.05, 3.63) is 0 Å². The van der Waals surface area contributed by atoms with E-state index in [0.29, 0.717) is 41.3 Å². The highest BCUT2D eigenvalue weighted by molar-refractivity contribution is 8.17. The van der Waals surface area contributed by atoms with Crippen LogP contribution < -0.4 is 0 Å². The van der Waals surface area contributed by atoms with Crippen LogP contribution in [0.1, 0.15) is 12.8 Å². The lowest BCUT2D eigenvalue weighted by molar-refractivity contribution is -0.274. The molecule has 0 amide bonds. The van der Waals surface area contributed by atoms with Gasteiger partial charge >= 0.3 is 17.9 Å². The molecular formula is C19H34O10S6. The number of esters is 3. The van der Waals surface area contributed by atoms with Gasteiger partial charge in [-0.25, -0.2) is 9.78 Å². The van der Waals surface area contributed by atoms with Crippen molar-refractivity contribution in [3.8, 4) is 0 Å². The number of hydrogen-bond acceptors (Lipinski definition) is 16. The molecule has 0 aliphatic heterocycles. The van der Waals surface area contributed by atoms with E-state index in [4.69, 9.17) is 34.2 Å². The van der Waals surface area contributed by atoms with E-state index >= 15 is 0 Å². The maximum absolute atomic E-state index is 11.6. The fourth-order valence-electron chi connectivity index (χ4n) is 1.63. The third kappa shape index (κ3) is 28.8. The fourth-order valence-corrected chi connectivity index (χ4v) is 6.35. The van der Waals surface area contributed by atoms with E-state index in [0.717, 1.165) is 10.8 Å². The minimum absolute atomic E-state index is 0.00179. The number of carbonyl (C=O) groups is 3. The topological polar surface area (TPSA) is 138 Å². The van der Waals surface area contributed by atoms with Gasteiger partial charge in [-0.05, 0) is 0 Å². The number of hydrogen-bond donors (Lipinski definition) is 2. The summed E-state index contributed by atoms with van der Waals surface area (Å²) in [5.41, 5.74) is 0. The average molecular weight is 615 g/mol. The number of carbonyl (C=O) groups excluding carboxylic acids is 3. The number of aliphatic hydroxyl groups excluding tert-OH is 2. The van der Waals surface area contributed by atoms with Gasteiger partial charge in [0.15, 0.2) is 0 Å². The molecule has 0 aliphatic rings. The molecule has 2 N–H and O–H groups in total. The first-order valence-corrected chi connectivity index (χ1v) is 17.4. The fraction of sp³-hybridized carbons (Fsp3) is 0.842. The van der Waals surface area contributed by atoms with Gasteiger partial charge in [-0.1, -0.05) is 0 Å². The lowest BCUT2D eigenvalue weighted by Crippen LogP contribution is -2.10. The maximum atomic E-state index is 11.6. The summed E-state index contributed by atoms with van der Waals surface area (Å²) in [7, 11) is 0. The first-order valence-electron chi connectivity index (χ1n) is 10.5. The second kappa shape index (κ2) is 28.9. The molecule has 0 aromatic rings. The van der Waals surface area contributed by atoms with Crippen LogP contribution in [0.25, 0.3) is 0 Å². The summed E-state index contributed by atoms with van der Waals surface area (Å²) >= 11 is 8.81. The molecule has 0 spiro atoms. The van der Waals surface area contributed by atoms with Gasteiger partial charge in [-0.2, -0.15) is 0 Å². The molecule has 0 unspecified atom stereocenters. The van der Waals surface area contributed by atoms with E-state index in [1.807, 2.05) is 0 Å². The Balaban J connectivity index is 3.26. The molecule has 0 aliphatic carbocycles. The Labute approximate surface area is 232 Å². The van der Waals surface area contributed by atoms with E-state index in [-0.39, 0.29) is 61.8 Å². The smallest absolute Gasteiger partial charge is 0.316 e. The highest BCUT2D eigenvalue weighted by Crippen LogP contribution is 2.15. The van der Waals surface area contributed by atoms with Crippen molar-refractivity contribution in [1.29, 1.82) is 0 Å². The van der Waals surface area contributed by atoms with Crippen molar-refractivity contribution >= 4 is 88.5 Å². The van der Waals surface area contributed by atoms with Crippen LogP contribution in [0.4, 0.5) is 0 Å². The van der Waals surface area contributed by atoms with E-state index < -0.39 is 0 Å². The summed E-state index contributed by atoms with van der Waals surface area (Å²) in [5, 5.41) is 19.2. The summed E-state index contributed by atoms with van der Waals surface area (Å²) in [4.78, 5) is 44.5. The van der Waals surface area contributed by atoms with Crippen LogP contribution in [0.5, 0.6) is 0 Å². The molecule has 10 nitrogen and oxygen atoms in total. The summed E-state index contributed by atoms with van der Waals surface area (Å²) in [6.07, 6.45) is 0.899. The second-order valence-corrected chi connectivity index (χ2v) is 13.0. The molecule has 0 heterocycles. The lowest BCUT2D eigenvalue weighted by atomic mass is 10.5. The number of ether oxygens (including phenoxy) is 3. The van der Waals surface area contributed by atoms with Crippen LogP contribution in [0.3, 0.4) is 0 Å². The van der Waals surface area contributed by atoms with Crippen molar-refractivity contribution in [2.24, 2.45) is 0 Å². The predicted octanol–water partition coefficient (Wildman–Crippen LogP) is 2.52. The Morgan fingerprint density at radius 1 is 0.543 bits per heavy atom. The molecule has 206 valence electrons. The Kier molecular flexibility index (Phi) is 29.2. The third-order valence-electron chi connectivity index (χ3n) is 3.12. The summed E-state index contributed by atoms with van der Waals surface area (Å²) < 4.78 is 14.9. The molecular weight excluding hydrogens is 581 g/mol. The Morgan fingerprint density at radius 3 is 1.57 bits per heavy atom. The lowest BCUT2D eigenvalue weighted by Gasteiger charge is -2.06. The Morgan fingerprint density at radius 2 is 1.03 bits per heavy atom. The molecule has 16 heteroatoms. The van der Waals surface area contributed by atoms with Gasteiger partial charge in [0.2, 0.25) is 0 Å². The zero-order valence-corrected chi connectivity index (χ0v) is 24.3. The van der Waals surface area contributed by atoms with Gasteiger partial charge in [0, 0.05) is 47.1 Å². The highest BCUT2D eigenvalue weighted by atomic mass is 32.2. The molecule has 0 aromatic heterocycles. The van der Waals surface area contributed by atoms with E-state index in [1.165, 1.54) is 58.8 Å². The first-order chi connectivity index (χ1) is 17.1. The van der Waals surface area contributed by atoms with E-state index in [1.54, 1.807) is 11.8 Å². The zero-order chi connectivity index (χ0) is 25.8. The average Bonchev–Trinajstić information content (AvgIpc) is 2.84. The molecule has 0 saturated heterocycles. The minimum atomic E-state index is -0.315. The van der Waals surface area contributed by atoms with Crippen LogP contribution in [0.2, 0.25) is 0 Å². The van der Waals surface area contributed by atoms with Crippen LogP contribution in [0, 0.1) is 0 Å². The van der Waals surface area contributed by atoms with Crippen molar-refractivity contribution in [2.45, 2.75) is 12.8 Å². The van der Waals surface area contributed by atoms with Crippen molar-refractivity contribution in [3.63, 3.8) is 0 Å². The standard InChI is InChI=1S/C19H34O10S6/c20-3-1-5-25-17(22)9-31-14-30-8-7-28-29-13-35-16-33-11-19(24)27-12-34-15-32-10-18(23)26-6-2-4-21/h20-21H,1-16H2. The SMILES string of the molecule is O=C(CSCSCCOOCSCSCC(=O)OCSCSCC(=O)OCCCO)OCCCO. The van der Waals surface area contributed by atoms with Gasteiger partial charge < -0.3 is 24.4 Å². The van der Waals surface area contributed by atoms with Crippen LogP contribution in [0.15, 0.2) is 0 Å². The summed E-state index contributed by atoms with van der Waals surface area (Å²) in [6.45, 7) is 0.931. The van der Waals surface area contributed by atoms with Gasteiger partial charge in [0.05, 0.1) is 37.1 Å². The largest absolute Gasteiger partial charge is 0.465 e. The number of rotatable bonds is 26. The van der Waals surface area contributed by atoms with Crippen LogP contribution >= 0.6 is 70.6 Å². The zero-order valence-electron chi connectivity index (χ0n) is 19.4. The Hall–Kier alpha value is 0.350. The number of thioether (sulfide) groups is 6. The van der Waals surface area contributed by atoms with E-state index in [9.17, 15) is 14.4 Å². The molecule has 0 atom stereocenters. The quantitative estimate of drug-likeness (QED) is 0.0368. The summed E-state index contributed by atoms with van der Waals surface area (Å²) in [5.74, 6) is 1.23. The molecule has 35 heavy (non-hydrogen) atoms. The first kappa shape index (κ1) is 35.4. The molecule has 0 bridgehead atoms. The van der Waals surface area contributed by atoms with Crippen molar-refractivity contribution in [2.75, 3.05) is 83.2 Å². The van der Waals surface area contributed by atoms with E-state index in [2.05, 4.69) is 0 Å². The van der Waals surface area contributed by atoms with Gasteiger partial charge in [0.25, 0.3) is 0 Å². The van der Waals surface area contributed by atoms with Crippen LogP contribution in [-0.2, 0) is 38.4 Å². The van der Waals surface area contributed by atoms with Crippen molar-refractivity contribution < 1.29 is 48.6 Å². The molecule has 0 fully saturated rings. The molecule has 0 saturated carbocycles. The molecule has 0 radical (unpaired) electrons.